The lowest BCUT2D eigenvalue weighted by Crippen LogP contribution is -2.60. The van der Waals surface area contributed by atoms with Gasteiger partial charge in [-0.1, -0.05) is 6.42 Å². The van der Waals surface area contributed by atoms with Crippen LogP contribution in [-0.2, 0) is 0 Å². The Morgan fingerprint density at radius 3 is 3.00 bits per heavy atom. The zero-order valence-electron chi connectivity index (χ0n) is 11.1. The molecule has 3 nitrogen and oxygen atoms in total. The van der Waals surface area contributed by atoms with Crippen LogP contribution in [0.4, 0.5) is 0 Å². The molecule has 5 heteroatoms. The van der Waals surface area contributed by atoms with Gasteiger partial charge in [0.25, 0.3) is 5.91 Å². The van der Waals surface area contributed by atoms with Crippen LogP contribution in [0.5, 0.6) is 0 Å². The Kier molecular flexibility index (Phi) is 4.14. The number of carbonyl (C=O) groups is 1. The summed E-state index contributed by atoms with van der Waals surface area (Å²) in [6, 6.07) is 2.93. The second kappa shape index (κ2) is 5.69. The van der Waals surface area contributed by atoms with Crippen molar-refractivity contribution in [3.8, 4) is 0 Å². The maximum Gasteiger partial charge on any atom is 0.255 e. The molecular formula is C14H19IN2OS. The van der Waals surface area contributed by atoms with Gasteiger partial charge in [0.05, 0.1) is 8.45 Å². The van der Waals surface area contributed by atoms with E-state index in [1.807, 2.05) is 11.4 Å². The molecule has 0 radical (unpaired) electrons. The highest BCUT2D eigenvalue weighted by Gasteiger charge is 2.35. The van der Waals surface area contributed by atoms with Gasteiger partial charge >= 0.3 is 0 Å². The predicted octanol–water partition coefficient (Wildman–Crippen LogP) is 3.05. The summed E-state index contributed by atoms with van der Waals surface area (Å²) < 4.78 is 1.19. The van der Waals surface area contributed by atoms with Crippen molar-refractivity contribution in [2.24, 2.45) is 0 Å². The molecule has 1 amide bonds. The van der Waals surface area contributed by atoms with Crippen LogP contribution in [-0.4, -0.2) is 47.4 Å². The standard InChI is InChI=1S/C14H19IN2OS/c1-10-7-16-5-3-2-4-12(16)8-17(10)14(18)11-6-13(15)19-9-11/h6,9-10,12H,2-5,7-8H2,1H3. The monoisotopic (exact) mass is 390 g/mol. The predicted molar refractivity (Wildman–Crippen MR) is 86.7 cm³/mol. The first kappa shape index (κ1) is 13.8. The summed E-state index contributed by atoms with van der Waals surface area (Å²) in [5.74, 6) is 0.219. The van der Waals surface area contributed by atoms with E-state index in [0.29, 0.717) is 12.1 Å². The number of halogens is 1. The highest BCUT2D eigenvalue weighted by Crippen LogP contribution is 2.26. The number of nitrogens with zero attached hydrogens (tertiary/aromatic N) is 2. The van der Waals surface area contributed by atoms with E-state index in [0.717, 1.165) is 18.7 Å². The van der Waals surface area contributed by atoms with Crippen LogP contribution >= 0.6 is 33.9 Å². The quantitative estimate of drug-likeness (QED) is 0.689. The molecule has 2 saturated heterocycles. The molecule has 3 heterocycles. The zero-order chi connectivity index (χ0) is 13.4. The first-order valence-corrected chi connectivity index (χ1v) is 8.90. The van der Waals surface area contributed by atoms with E-state index >= 15 is 0 Å². The summed E-state index contributed by atoms with van der Waals surface area (Å²) in [6.45, 7) is 5.34. The minimum atomic E-state index is 0.219. The Hall–Kier alpha value is -0.140. The molecule has 0 aliphatic carbocycles. The van der Waals surface area contributed by atoms with Gasteiger partial charge in [-0.05, 0) is 55.0 Å². The van der Waals surface area contributed by atoms with Gasteiger partial charge in [0.1, 0.15) is 0 Å². The number of hydrogen-bond donors (Lipinski definition) is 0. The molecule has 0 aromatic carbocycles. The smallest absolute Gasteiger partial charge is 0.255 e. The number of rotatable bonds is 1. The minimum Gasteiger partial charge on any atom is -0.333 e. The maximum atomic E-state index is 12.6. The minimum absolute atomic E-state index is 0.219. The van der Waals surface area contributed by atoms with Gasteiger partial charge in [-0.25, -0.2) is 0 Å². The highest BCUT2D eigenvalue weighted by atomic mass is 127. The molecule has 104 valence electrons. The fourth-order valence-corrected chi connectivity index (χ4v) is 4.54. The van der Waals surface area contributed by atoms with Crippen LogP contribution in [0.15, 0.2) is 11.4 Å². The van der Waals surface area contributed by atoms with E-state index in [9.17, 15) is 4.79 Å². The molecule has 0 spiro atoms. The number of fused-ring (bicyclic) bond motifs is 1. The Labute approximate surface area is 132 Å². The molecule has 2 aliphatic rings. The third-order valence-electron chi connectivity index (χ3n) is 4.26. The van der Waals surface area contributed by atoms with Gasteiger partial charge < -0.3 is 4.90 Å². The van der Waals surface area contributed by atoms with E-state index in [4.69, 9.17) is 0 Å². The van der Waals surface area contributed by atoms with E-state index < -0.39 is 0 Å². The summed E-state index contributed by atoms with van der Waals surface area (Å²) in [7, 11) is 0. The van der Waals surface area contributed by atoms with Crippen molar-refractivity contribution in [3.05, 3.63) is 19.9 Å². The number of amides is 1. The molecule has 0 saturated carbocycles. The lowest BCUT2D eigenvalue weighted by molar-refractivity contribution is 0.0152. The molecule has 0 N–H and O–H groups in total. The van der Waals surface area contributed by atoms with Crippen LogP contribution < -0.4 is 0 Å². The Bertz CT molecular complexity index is 476. The van der Waals surface area contributed by atoms with E-state index in [2.05, 4.69) is 39.3 Å². The van der Waals surface area contributed by atoms with E-state index in [-0.39, 0.29) is 5.91 Å². The number of carbonyl (C=O) groups excluding carboxylic acids is 1. The van der Waals surface area contributed by atoms with Crippen molar-refractivity contribution in [2.75, 3.05) is 19.6 Å². The van der Waals surface area contributed by atoms with Crippen molar-refractivity contribution < 1.29 is 4.79 Å². The van der Waals surface area contributed by atoms with Crippen LogP contribution in [0.3, 0.4) is 0 Å². The highest BCUT2D eigenvalue weighted by molar-refractivity contribution is 14.1. The Balaban J connectivity index is 1.75. The maximum absolute atomic E-state index is 12.6. The second-order valence-corrected chi connectivity index (χ2v) is 8.40. The van der Waals surface area contributed by atoms with Crippen molar-refractivity contribution in [1.29, 1.82) is 0 Å². The molecule has 19 heavy (non-hydrogen) atoms. The molecule has 2 unspecified atom stereocenters. The number of piperidine rings is 1. The zero-order valence-corrected chi connectivity index (χ0v) is 14.1. The Morgan fingerprint density at radius 1 is 1.42 bits per heavy atom. The summed E-state index contributed by atoms with van der Waals surface area (Å²) in [4.78, 5) is 17.3. The number of piperazine rings is 1. The molecule has 0 bridgehead atoms. The van der Waals surface area contributed by atoms with Gasteiger partial charge in [0.15, 0.2) is 0 Å². The molecule has 3 rings (SSSR count). The normalized spacial score (nSPS) is 28.2. The molecule has 1 aromatic heterocycles. The summed E-state index contributed by atoms with van der Waals surface area (Å²) in [5.41, 5.74) is 0.866. The van der Waals surface area contributed by atoms with Crippen LogP contribution in [0, 0.1) is 2.88 Å². The van der Waals surface area contributed by atoms with Crippen LogP contribution in [0.2, 0.25) is 0 Å². The fraction of sp³-hybridized carbons (Fsp3) is 0.643. The summed E-state index contributed by atoms with van der Waals surface area (Å²) in [6.07, 6.45) is 3.88. The summed E-state index contributed by atoms with van der Waals surface area (Å²) in [5, 5.41) is 1.99. The topological polar surface area (TPSA) is 23.6 Å². The van der Waals surface area contributed by atoms with E-state index in [1.165, 1.54) is 28.7 Å². The van der Waals surface area contributed by atoms with E-state index in [1.54, 1.807) is 11.3 Å². The van der Waals surface area contributed by atoms with Gasteiger partial charge in [-0.15, -0.1) is 11.3 Å². The largest absolute Gasteiger partial charge is 0.333 e. The van der Waals surface area contributed by atoms with Crippen molar-refractivity contribution in [3.63, 3.8) is 0 Å². The van der Waals surface area contributed by atoms with Gasteiger partial charge in [-0.3, -0.25) is 9.69 Å². The van der Waals surface area contributed by atoms with Gasteiger partial charge in [-0.2, -0.15) is 0 Å². The third-order valence-corrected chi connectivity index (χ3v) is 6.05. The average molecular weight is 390 g/mol. The van der Waals surface area contributed by atoms with Crippen molar-refractivity contribution in [2.45, 2.75) is 38.3 Å². The lowest BCUT2D eigenvalue weighted by atomic mass is 9.97. The van der Waals surface area contributed by atoms with Gasteiger partial charge in [0, 0.05) is 30.6 Å². The molecule has 2 fully saturated rings. The van der Waals surface area contributed by atoms with Crippen LogP contribution in [0.25, 0.3) is 0 Å². The van der Waals surface area contributed by atoms with Crippen molar-refractivity contribution >= 4 is 39.8 Å². The third kappa shape index (κ3) is 2.83. The number of hydrogen-bond acceptors (Lipinski definition) is 3. The lowest BCUT2D eigenvalue weighted by Gasteiger charge is -2.47. The van der Waals surface area contributed by atoms with Crippen LogP contribution in [0.1, 0.15) is 36.5 Å². The fourth-order valence-electron chi connectivity index (χ4n) is 3.22. The molecule has 2 aliphatic heterocycles. The molecular weight excluding hydrogens is 371 g/mol. The average Bonchev–Trinajstić information content (AvgIpc) is 2.84. The number of thiophene rings is 1. The Morgan fingerprint density at radius 2 is 2.26 bits per heavy atom. The van der Waals surface area contributed by atoms with Crippen molar-refractivity contribution in [1.82, 2.24) is 9.80 Å². The first-order chi connectivity index (χ1) is 9.15. The second-order valence-electron chi connectivity index (χ2n) is 5.59. The molecule has 2 atom stereocenters. The summed E-state index contributed by atoms with van der Waals surface area (Å²) >= 11 is 3.93. The van der Waals surface area contributed by atoms with Gasteiger partial charge in [0.2, 0.25) is 0 Å². The first-order valence-electron chi connectivity index (χ1n) is 6.94. The molecule has 1 aromatic rings. The SMILES string of the molecule is CC1CN2CCCCC2CN1C(=O)c1csc(I)c1.